The third-order valence-electron chi connectivity index (χ3n) is 3.20. The number of nitrogens with one attached hydrogen (secondary N) is 2. The van der Waals surface area contributed by atoms with E-state index in [1.165, 1.54) is 0 Å². The summed E-state index contributed by atoms with van der Waals surface area (Å²) in [5.41, 5.74) is 0.801. The number of rotatable bonds is 9. The van der Waals surface area contributed by atoms with E-state index in [1.54, 1.807) is 12.1 Å². The number of carbonyl (C=O) groups excluding carboxylic acids is 2. The molecule has 0 aromatic heterocycles. The third-order valence-corrected chi connectivity index (χ3v) is 3.20. The Kier molecular flexibility index (Phi) is 8.28. The summed E-state index contributed by atoms with van der Waals surface area (Å²) in [6, 6.07) is 6.69. The first-order valence-electron chi connectivity index (χ1n) is 7.59. The first-order valence-corrected chi connectivity index (χ1v) is 7.59. The van der Waals surface area contributed by atoms with Crippen LogP contribution in [0.25, 0.3) is 0 Å². The molecule has 0 unspecified atom stereocenters. The zero-order valence-corrected chi connectivity index (χ0v) is 13.4. The number of aliphatic hydroxyl groups is 1. The highest BCUT2D eigenvalue weighted by Gasteiger charge is 2.25. The molecule has 0 aliphatic rings. The van der Waals surface area contributed by atoms with Crippen LogP contribution in [0, 0.1) is 0 Å². The number of hydrogen-bond donors (Lipinski definition) is 4. The van der Waals surface area contributed by atoms with Gasteiger partial charge in [0.2, 0.25) is 5.91 Å². The van der Waals surface area contributed by atoms with Crippen LogP contribution in [0.2, 0.25) is 0 Å². The summed E-state index contributed by atoms with van der Waals surface area (Å²) in [5.74, 6) is -2.04. The van der Waals surface area contributed by atoms with Crippen LogP contribution in [0.4, 0.5) is 4.79 Å². The van der Waals surface area contributed by atoms with Gasteiger partial charge in [0.1, 0.15) is 18.7 Å². The molecule has 4 N–H and O–H groups in total. The average molecular weight is 338 g/mol. The molecule has 8 nitrogen and oxygen atoms in total. The molecule has 0 spiro atoms. The van der Waals surface area contributed by atoms with Crippen molar-refractivity contribution in [2.24, 2.45) is 0 Å². The monoisotopic (exact) mass is 338 g/mol. The molecular weight excluding hydrogens is 316 g/mol. The van der Waals surface area contributed by atoms with Gasteiger partial charge >= 0.3 is 12.1 Å². The lowest BCUT2D eigenvalue weighted by atomic mass is 10.1. The molecular formula is C16H22N2O6. The van der Waals surface area contributed by atoms with Crippen molar-refractivity contribution in [2.75, 3.05) is 6.61 Å². The fourth-order valence-corrected chi connectivity index (χ4v) is 1.92. The second-order valence-corrected chi connectivity index (χ2v) is 5.13. The molecule has 2 amide bonds. The van der Waals surface area contributed by atoms with E-state index in [0.717, 1.165) is 5.56 Å². The molecule has 0 saturated heterocycles. The molecule has 0 heterocycles. The number of aliphatic carboxylic acids is 1. The standard InChI is InChI=1S/C16H22N2O6/c1-2-6-12(14(20)17-13(9-19)15(21)22)18-16(23)24-10-11-7-4-3-5-8-11/h3-5,7-8,12-13,19H,2,6,9-10H2,1H3,(H,17,20)(H,18,23)(H,21,22)/t12-,13+/m1/s1. The number of carboxylic acids is 1. The van der Waals surface area contributed by atoms with Crippen molar-refractivity contribution in [3.05, 3.63) is 35.9 Å². The van der Waals surface area contributed by atoms with Crippen molar-refractivity contribution in [3.63, 3.8) is 0 Å². The van der Waals surface area contributed by atoms with E-state index < -0.39 is 36.7 Å². The smallest absolute Gasteiger partial charge is 0.408 e. The van der Waals surface area contributed by atoms with Gasteiger partial charge in [-0.1, -0.05) is 43.7 Å². The molecule has 1 aromatic rings. The zero-order chi connectivity index (χ0) is 17.9. The summed E-state index contributed by atoms with van der Waals surface area (Å²) in [6.45, 7) is 1.14. The van der Waals surface area contributed by atoms with Crippen LogP contribution in [-0.2, 0) is 20.9 Å². The van der Waals surface area contributed by atoms with Gasteiger partial charge in [-0.2, -0.15) is 0 Å². The van der Waals surface area contributed by atoms with Gasteiger partial charge in [-0.05, 0) is 12.0 Å². The summed E-state index contributed by atoms with van der Waals surface area (Å²) in [7, 11) is 0. The van der Waals surface area contributed by atoms with Gasteiger partial charge < -0.3 is 25.6 Å². The Balaban J connectivity index is 2.55. The number of aliphatic hydroxyl groups excluding tert-OH is 1. The highest BCUT2D eigenvalue weighted by atomic mass is 16.5. The molecule has 0 aliphatic heterocycles. The maximum Gasteiger partial charge on any atom is 0.408 e. The average Bonchev–Trinajstić information content (AvgIpc) is 2.57. The molecule has 0 fully saturated rings. The molecule has 1 rings (SSSR count). The number of alkyl carbamates (subject to hydrolysis) is 1. The first kappa shape index (κ1) is 19.4. The van der Waals surface area contributed by atoms with Gasteiger partial charge in [-0.15, -0.1) is 0 Å². The third kappa shape index (κ3) is 6.66. The molecule has 0 aliphatic carbocycles. The van der Waals surface area contributed by atoms with Crippen molar-refractivity contribution in [3.8, 4) is 0 Å². The Hall–Kier alpha value is -2.61. The molecule has 2 atom stereocenters. The van der Waals surface area contributed by atoms with Gasteiger partial charge in [0, 0.05) is 0 Å². The first-order chi connectivity index (χ1) is 11.5. The number of benzene rings is 1. The Labute approximate surface area is 139 Å². The van der Waals surface area contributed by atoms with Crippen molar-refractivity contribution >= 4 is 18.0 Å². The van der Waals surface area contributed by atoms with Crippen LogP contribution in [0.5, 0.6) is 0 Å². The molecule has 0 radical (unpaired) electrons. The van der Waals surface area contributed by atoms with Gasteiger partial charge in [-0.25, -0.2) is 9.59 Å². The van der Waals surface area contributed by atoms with Crippen molar-refractivity contribution in [1.29, 1.82) is 0 Å². The van der Waals surface area contributed by atoms with Crippen molar-refractivity contribution in [1.82, 2.24) is 10.6 Å². The van der Waals surface area contributed by atoms with Crippen LogP contribution in [0.3, 0.4) is 0 Å². The van der Waals surface area contributed by atoms with E-state index in [-0.39, 0.29) is 6.61 Å². The number of ether oxygens (including phenoxy) is 1. The highest BCUT2D eigenvalue weighted by Crippen LogP contribution is 2.03. The maximum absolute atomic E-state index is 12.1. The summed E-state index contributed by atoms with van der Waals surface area (Å²) in [4.78, 5) is 34.7. The summed E-state index contributed by atoms with van der Waals surface area (Å²) in [6.07, 6.45) is 0.126. The van der Waals surface area contributed by atoms with Crippen LogP contribution in [0.1, 0.15) is 25.3 Å². The lowest BCUT2D eigenvalue weighted by molar-refractivity contribution is -0.143. The minimum absolute atomic E-state index is 0.0571. The highest BCUT2D eigenvalue weighted by molar-refractivity contribution is 5.89. The lowest BCUT2D eigenvalue weighted by Gasteiger charge is -2.20. The molecule has 0 bridgehead atoms. The Morgan fingerprint density at radius 2 is 1.79 bits per heavy atom. The summed E-state index contributed by atoms with van der Waals surface area (Å²) >= 11 is 0. The predicted octanol–water partition coefficient (Wildman–Crippen LogP) is 0.643. The van der Waals surface area contributed by atoms with Crippen molar-refractivity contribution in [2.45, 2.75) is 38.5 Å². The molecule has 24 heavy (non-hydrogen) atoms. The Morgan fingerprint density at radius 1 is 1.12 bits per heavy atom. The molecule has 0 saturated carbocycles. The fourth-order valence-electron chi connectivity index (χ4n) is 1.92. The van der Waals surface area contributed by atoms with E-state index in [2.05, 4.69) is 10.6 Å². The van der Waals surface area contributed by atoms with E-state index in [9.17, 15) is 14.4 Å². The zero-order valence-electron chi connectivity index (χ0n) is 13.4. The minimum atomic E-state index is -1.42. The van der Waals surface area contributed by atoms with Crippen LogP contribution in [-0.4, -0.2) is 46.9 Å². The number of amides is 2. The second-order valence-electron chi connectivity index (χ2n) is 5.13. The summed E-state index contributed by atoms with van der Waals surface area (Å²) in [5, 5.41) is 22.4. The Bertz CT molecular complexity index is 549. The quantitative estimate of drug-likeness (QED) is 0.524. The van der Waals surface area contributed by atoms with Crippen LogP contribution in [0.15, 0.2) is 30.3 Å². The maximum atomic E-state index is 12.1. The van der Waals surface area contributed by atoms with Gasteiger partial charge in [-0.3, -0.25) is 4.79 Å². The molecule has 132 valence electrons. The largest absolute Gasteiger partial charge is 0.480 e. The second kappa shape index (κ2) is 10.2. The number of carbonyl (C=O) groups is 3. The topological polar surface area (TPSA) is 125 Å². The van der Waals surface area contributed by atoms with Gasteiger partial charge in [0.15, 0.2) is 0 Å². The van der Waals surface area contributed by atoms with E-state index >= 15 is 0 Å². The number of hydrogen-bond acceptors (Lipinski definition) is 5. The van der Waals surface area contributed by atoms with E-state index in [4.69, 9.17) is 14.9 Å². The molecule has 1 aromatic carbocycles. The Morgan fingerprint density at radius 3 is 2.33 bits per heavy atom. The fraction of sp³-hybridized carbons (Fsp3) is 0.438. The van der Waals surface area contributed by atoms with Gasteiger partial charge in [0.25, 0.3) is 0 Å². The van der Waals surface area contributed by atoms with Crippen LogP contribution < -0.4 is 10.6 Å². The number of carboxylic acid groups (broad SMARTS) is 1. The summed E-state index contributed by atoms with van der Waals surface area (Å²) < 4.78 is 5.04. The lowest BCUT2D eigenvalue weighted by Crippen LogP contribution is -2.52. The van der Waals surface area contributed by atoms with Crippen LogP contribution >= 0.6 is 0 Å². The SMILES string of the molecule is CCC[C@@H](NC(=O)OCc1ccccc1)C(=O)N[C@@H](CO)C(=O)O. The van der Waals surface area contributed by atoms with Gasteiger partial charge in [0.05, 0.1) is 6.61 Å². The van der Waals surface area contributed by atoms with Crippen molar-refractivity contribution < 1.29 is 29.3 Å². The normalized spacial score (nSPS) is 12.8. The molecule has 8 heteroatoms. The minimum Gasteiger partial charge on any atom is -0.480 e. The van der Waals surface area contributed by atoms with E-state index in [1.807, 2.05) is 25.1 Å². The predicted molar refractivity (Wildman–Crippen MR) is 85.1 cm³/mol. The van der Waals surface area contributed by atoms with E-state index in [0.29, 0.717) is 12.8 Å².